The van der Waals surface area contributed by atoms with Gasteiger partial charge in [-0.25, -0.2) is 9.59 Å². The first-order valence-electron chi connectivity index (χ1n) is 7.18. The van der Waals surface area contributed by atoms with Crippen LogP contribution in [0.5, 0.6) is 0 Å². The van der Waals surface area contributed by atoms with Gasteiger partial charge in [-0.2, -0.15) is 0 Å². The number of hydrogen-bond acceptors (Lipinski definition) is 5. The molecule has 0 spiro atoms. The van der Waals surface area contributed by atoms with Crippen LogP contribution in [0.3, 0.4) is 0 Å². The van der Waals surface area contributed by atoms with Gasteiger partial charge in [-0.15, -0.1) is 0 Å². The molecule has 1 fully saturated rings. The number of amides is 1. The van der Waals surface area contributed by atoms with E-state index in [-0.39, 0.29) is 12.3 Å². The molecule has 0 aromatic rings. The van der Waals surface area contributed by atoms with E-state index in [1.165, 1.54) is 39.2 Å². The second-order valence-corrected chi connectivity index (χ2v) is 5.16. The smallest absolute Gasteiger partial charge is 0.330 e. The number of methoxy groups -OCH3 is 2. The zero-order chi connectivity index (χ0) is 15.7. The highest BCUT2D eigenvalue weighted by Gasteiger charge is 2.23. The van der Waals surface area contributed by atoms with Crippen molar-refractivity contribution in [3.63, 3.8) is 0 Å². The minimum absolute atomic E-state index is 0.149. The molecule has 1 aliphatic rings. The average molecular weight is 297 g/mol. The van der Waals surface area contributed by atoms with E-state index >= 15 is 0 Å². The molecule has 0 aliphatic heterocycles. The normalized spacial score (nSPS) is 16.7. The van der Waals surface area contributed by atoms with E-state index < -0.39 is 18.0 Å². The van der Waals surface area contributed by atoms with Gasteiger partial charge < -0.3 is 14.8 Å². The summed E-state index contributed by atoms with van der Waals surface area (Å²) in [5.41, 5.74) is 0. The van der Waals surface area contributed by atoms with Gasteiger partial charge in [0.25, 0.3) is 0 Å². The summed E-state index contributed by atoms with van der Waals surface area (Å²) >= 11 is 0. The van der Waals surface area contributed by atoms with Crippen LogP contribution in [0.4, 0.5) is 0 Å². The minimum atomic E-state index is -0.773. The van der Waals surface area contributed by atoms with E-state index in [2.05, 4.69) is 14.8 Å². The monoisotopic (exact) mass is 297 g/mol. The summed E-state index contributed by atoms with van der Waals surface area (Å²) in [4.78, 5) is 34.6. The van der Waals surface area contributed by atoms with Crippen molar-refractivity contribution in [1.29, 1.82) is 0 Å². The number of ether oxygens (including phenoxy) is 2. The maximum atomic E-state index is 11.9. The second kappa shape index (κ2) is 9.15. The van der Waals surface area contributed by atoms with E-state index in [0.717, 1.165) is 12.8 Å². The Bertz CT molecular complexity index is 399. The highest BCUT2D eigenvalue weighted by molar-refractivity contribution is 5.85. The summed E-state index contributed by atoms with van der Waals surface area (Å²) < 4.78 is 9.12. The quantitative estimate of drug-likeness (QED) is 0.566. The van der Waals surface area contributed by atoms with Gasteiger partial charge in [0, 0.05) is 12.5 Å². The molecule has 0 aromatic heterocycles. The number of hydrogen-bond donors (Lipinski definition) is 1. The average Bonchev–Trinajstić information content (AvgIpc) is 2.97. The first-order valence-corrected chi connectivity index (χ1v) is 7.18. The van der Waals surface area contributed by atoms with Gasteiger partial charge >= 0.3 is 11.9 Å². The standard InChI is InChI=1S/C15H23NO5/c1-20-14(18)9-5-8-12(15(19)21-2)16-13(17)10-11-6-3-4-7-11/h5,9,11-12H,3-4,6-8,10H2,1-2H3,(H,16,17)/b9-5+/t12-/m1/s1. The molecule has 1 saturated carbocycles. The third-order valence-electron chi connectivity index (χ3n) is 3.60. The predicted octanol–water partition coefficient (Wildman–Crippen LogP) is 1.34. The van der Waals surface area contributed by atoms with Gasteiger partial charge in [0.2, 0.25) is 5.91 Å². The van der Waals surface area contributed by atoms with Crippen LogP contribution in [-0.4, -0.2) is 38.1 Å². The molecule has 0 radical (unpaired) electrons. The Labute approximate surface area is 124 Å². The van der Waals surface area contributed by atoms with Gasteiger partial charge in [-0.05, 0) is 25.2 Å². The molecular weight excluding hydrogens is 274 g/mol. The van der Waals surface area contributed by atoms with E-state index in [9.17, 15) is 14.4 Å². The molecule has 118 valence electrons. The van der Waals surface area contributed by atoms with Gasteiger partial charge in [0.05, 0.1) is 14.2 Å². The molecule has 0 saturated heterocycles. The lowest BCUT2D eigenvalue weighted by atomic mass is 10.0. The lowest BCUT2D eigenvalue weighted by Gasteiger charge is -2.16. The number of esters is 2. The van der Waals surface area contributed by atoms with Crippen molar-refractivity contribution in [3.8, 4) is 0 Å². The first kappa shape index (κ1) is 17.2. The highest BCUT2D eigenvalue weighted by atomic mass is 16.5. The summed E-state index contributed by atoms with van der Waals surface area (Å²) in [6.45, 7) is 0. The lowest BCUT2D eigenvalue weighted by Crippen LogP contribution is -2.41. The van der Waals surface area contributed by atoms with E-state index in [1.54, 1.807) is 0 Å². The molecular formula is C15H23NO5. The summed E-state index contributed by atoms with van der Waals surface area (Å²) in [7, 11) is 2.54. The van der Waals surface area contributed by atoms with Crippen LogP contribution in [0.1, 0.15) is 38.5 Å². The first-order chi connectivity index (χ1) is 10.1. The second-order valence-electron chi connectivity index (χ2n) is 5.16. The molecule has 0 unspecified atom stereocenters. The molecule has 1 amide bonds. The zero-order valence-corrected chi connectivity index (χ0v) is 12.6. The summed E-state index contributed by atoms with van der Waals surface area (Å²) in [5, 5.41) is 2.67. The van der Waals surface area contributed by atoms with Crippen LogP contribution in [0, 0.1) is 5.92 Å². The van der Waals surface area contributed by atoms with Gasteiger partial charge in [0.1, 0.15) is 6.04 Å². The third kappa shape index (κ3) is 6.42. The third-order valence-corrected chi connectivity index (χ3v) is 3.60. The fourth-order valence-corrected chi connectivity index (χ4v) is 2.45. The molecule has 1 atom stereocenters. The number of nitrogens with one attached hydrogen (secondary N) is 1. The Morgan fingerprint density at radius 1 is 1.19 bits per heavy atom. The van der Waals surface area contributed by atoms with Crippen molar-refractivity contribution >= 4 is 17.8 Å². The van der Waals surface area contributed by atoms with Gasteiger partial charge in [0.15, 0.2) is 0 Å². The van der Waals surface area contributed by atoms with Crippen LogP contribution in [-0.2, 0) is 23.9 Å². The van der Waals surface area contributed by atoms with Crippen molar-refractivity contribution in [1.82, 2.24) is 5.32 Å². The SMILES string of the molecule is COC(=O)/C=C/C[C@@H](NC(=O)CC1CCCC1)C(=O)OC. The summed E-state index contributed by atoms with van der Waals surface area (Å²) in [6, 6.07) is -0.773. The van der Waals surface area contributed by atoms with Crippen LogP contribution in [0.2, 0.25) is 0 Å². The molecule has 0 aromatic carbocycles. The number of carbonyl (C=O) groups excluding carboxylic acids is 3. The van der Waals surface area contributed by atoms with Crippen LogP contribution >= 0.6 is 0 Å². The Morgan fingerprint density at radius 2 is 1.86 bits per heavy atom. The van der Waals surface area contributed by atoms with Crippen molar-refractivity contribution in [2.45, 2.75) is 44.6 Å². The molecule has 1 N–H and O–H groups in total. The molecule has 0 bridgehead atoms. The Morgan fingerprint density at radius 3 is 2.43 bits per heavy atom. The van der Waals surface area contributed by atoms with Gasteiger partial charge in [-0.3, -0.25) is 4.79 Å². The topological polar surface area (TPSA) is 81.7 Å². The molecule has 21 heavy (non-hydrogen) atoms. The highest BCUT2D eigenvalue weighted by Crippen LogP contribution is 2.27. The lowest BCUT2D eigenvalue weighted by molar-refractivity contribution is -0.145. The maximum Gasteiger partial charge on any atom is 0.330 e. The summed E-state index contributed by atoms with van der Waals surface area (Å²) in [6.07, 6.45) is 7.81. The largest absolute Gasteiger partial charge is 0.467 e. The van der Waals surface area contributed by atoms with Crippen molar-refractivity contribution in [3.05, 3.63) is 12.2 Å². The van der Waals surface area contributed by atoms with Crippen LogP contribution < -0.4 is 5.32 Å². The van der Waals surface area contributed by atoms with Crippen molar-refractivity contribution in [2.24, 2.45) is 5.92 Å². The van der Waals surface area contributed by atoms with Crippen LogP contribution in [0.15, 0.2) is 12.2 Å². The van der Waals surface area contributed by atoms with Gasteiger partial charge in [-0.1, -0.05) is 18.9 Å². The molecule has 6 heteroatoms. The minimum Gasteiger partial charge on any atom is -0.467 e. The number of rotatable bonds is 7. The van der Waals surface area contributed by atoms with Crippen molar-refractivity contribution < 1.29 is 23.9 Å². The molecule has 1 rings (SSSR count). The van der Waals surface area contributed by atoms with E-state index in [1.807, 2.05) is 0 Å². The fourth-order valence-electron chi connectivity index (χ4n) is 2.45. The fraction of sp³-hybridized carbons (Fsp3) is 0.667. The maximum absolute atomic E-state index is 11.9. The van der Waals surface area contributed by atoms with Crippen molar-refractivity contribution in [2.75, 3.05) is 14.2 Å². The molecule has 6 nitrogen and oxygen atoms in total. The zero-order valence-electron chi connectivity index (χ0n) is 12.6. The molecule has 0 heterocycles. The molecule has 1 aliphatic carbocycles. The van der Waals surface area contributed by atoms with E-state index in [4.69, 9.17) is 0 Å². The van der Waals surface area contributed by atoms with Crippen LogP contribution in [0.25, 0.3) is 0 Å². The Hall–Kier alpha value is -1.85. The summed E-state index contributed by atoms with van der Waals surface area (Å²) in [5.74, 6) is -0.766. The Kier molecular flexibility index (Phi) is 7.50. The number of carbonyl (C=O) groups is 3. The Balaban J connectivity index is 2.48. The predicted molar refractivity (Wildman–Crippen MR) is 76.3 cm³/mol. The van der Waals surface area contributed by atoms with E-state index in [0.29, 0.717) is 12.3 Å².